The minimum absolute atomic E-state index is 0. The molecule has 0 spiro atoms. The molecule has 0 radical (unpaired) electrons. The third-order valence-electron chi connectivity index (χ3n) is 18.5. The molecule has 11 N–H and O–H groups in total. The highest BCUT2D eigenvalue weighted by molar-refractivity contribution is 6.36. The number of nitrogens with two attached hydrogens (primary N) is 1. The minimum atomic E-state index is -0.500. The van der Waals surface area contributed by atoms with Gasteiger partial charge in [-0.1, -0.05) is 82.8 Å². The maximum atomic E-state index is 14.3. The topological polar surface area (TPSA) is 430 Å². The number of hydrogen-bond acceptors (Lipinski definition) is 23. The molecule has 6 aromatic carbocycles. The van der Waals surface area contributed by atoms with E-state index in [0.29, 0.717) is 116 Å². The zero-order chi connectivity index (χ0) is 76.1. The lowest BCUT2D eigenvalue weighted by Gasteiger charge is -2.28. The van der Waals surface area contributed by atoms with Crippen LogP contribution in [0.2, 0.25) is 20.2 Å². The number of aryl methyl sites for hydroxylation is 2. The molecule has 9 aromatic heterocycles. The predicted molar refractivity (Wildman–Crippen MR) is 417 cm³/mol. The molecule has 0 aliphatic carbocycles. The Kier molecular flexibility index (Phi) is 22.2. The van der Waals surface area contributed by atoms with Crippen LogP contribution in [-0.4, -0.2) is 114 Å². The van der Waals surface area contributed by atoms with Gasteiger partial charge in [0.25, 0.3) is 33.4 Å². The first kappa shape index (κ1) is 76.8. The van der Waals surface area contributed by atoms with E-state index in [1.54, 1.807) is 92.7 Å². The number of fused-ring (bicyclic) bond motifs is 6. The Labute approximate surface area is 642 Å². The average molecular weight is 1580 g/mol. The summed E-state index contributed by atoms with van der Waals surface area (Å²) in [6.45, 7) is 5.37. The quantitative estimate of drug-likeness (QED) is 0.0770. The molecular formula is C74H62Cl4F3N23O7. The molecule has 30 nitrogen and oxygen atoms in total. The molecule has 0 amide bonds. The molecule has 3 atom stereocenters. The van der Waals surface area contributed by atoms with Gasteiger partial charge in [0.2, 0.25) is 5.95 Å². The van der Waals surface area contributed by atoms with Gasteiger partial charge in [-0.25, -0.2) is 63.0 Å². The number of rotatable bonds is 8. The molecule has 0 bridgehead atoms. The predicted octanol–water partition coefficient (Wildman–Crippen LogP) is 10.6. The van der Waals surface area contributed by atoms with Crippen LogP contribution >= 0.6 is 46.4 Å². The fourth-order valence-electron chi connectivity index (χ4n) is 13.9. The van der Waals surface area contributed by atoms with Crippen LogP contribution in [0.3, 0.4) is 0 Å². The fourth-order valence-corrected chi connectivity index (χ4v) is 14.9. The average Bonchev–Trinajstić information content (AvgIpc) is 1.74. The lowest BCUT2D eigenvalue weighted by atomic mass is 10.1. The molecule has 0 saturated carbocycles. The van der Waals surface area contributed by atoms with Crippen molar-refractivity contribution in [2.75, 3.05) is 35.2 Å². The fraction of sp³-hybridized carbons (Fsp3) is 0.189. The lowest BCUT2D eigenvalue weighted by molar-refractivity contribution is 0.581. The number of H-pyrrole nitrogens is 3. The van der Waals surface area contributed by atoms with E-state index >= 15 is 0 Å². The van der Waals surface area contributed by atoms with Crippen LogP contribution < -0.4 is 60.4 Å². The van der Waals surface area contributed by atoms with Crippen LogP contribution in [0.5, 0.6) is 0 Å². The van der Waals surface area contributed by atoms with Crippen molar-refractivity contribution in [1.82, 2.24) is 99.9 Å². The number of benzene rings is 6. The summed E-state index contributed by atoms with van der Waals surface area (Å²) >= 11 is 24.7. The molecule has 111 heavy (non-hydrogen) atoms. The zero-order valence-corrected chi connectivity index (χ0v) is 61.5. The highest BCUT2D eigenvalue weighted by Gasteiger charge is 2.37. The molecule has 3 aliphatic rings. The number of nitrogens with one attached hydrogen (secondary N) is 4. The van der Waals surface area contributed by atoms with Gasteiger partial charge in [-0.2, -0.15) is 9.97 Å². The summed E-state index contributed by atoms with van der Waals surface area (Å²) in [4.78, 5) is 141. The van der Waals surface area contributed by atoms with Gasteiger partial charge in [-0.15, -0.1) is 0 Å². The molecule has 564 valence electrons. The first-order valence-corrected chi connectivity index (χ1v) is 35.5. The second kappa shape index (κ2) is 32.1. The highest BCUT2D eigenvalue weighted by Crippen LogP contribution is 2.40. The van der Waals surface area contributed by atoms with Crippen LogP contribution in [0.1, 0.15) is 85.8 Å². The molecular weight excluding hydrogens is 1520 g/mol. The summed E-state index contributed by atoms with van der Waals surface area (Å²) in [5, 5.41) is 5.86. The normalized spacial score (nSPS) is 15.2. The van der Waals surface area contributed by atoms with Crippen molar-refractivity contribution in [3.63, 3.8) is 0 Å². The number of halogens is 7. The summed E-state index contributed by atoms with van der Waals surface area (Å²) in [7, 11) is 0. The van der Waals surface area contributed by atoms with Crippen molar-refractivity contribution in [2.24, 2.45) is 0 Å². The first-order chi connectivity index (χ1) is 52.7. The summed E-state index contributed by atoms with van der Waals surface area (Å²) in [5.74, 6) is 1.61. The van der Waals surface area contributed by atoms with Crippen molar-refractivity contribution >= 4 is 130 Å². The summed E-state index contributed by atoms with van der Waals surface area (Å²) < 4.78 is 46.5. The van der Waals surface area contributed by atoms with E-state index in [2.05, 4.69) is 70.1 Å². The van der Waals surface area contributed by atoms with Crippen molar-refractivity contribution in [2.45, 2.75) is 70.5 Å². The van der Waals surface area contributed by atoms with E-state index in [1.807, 2.05) is 9.80 Å². The third-order valence-corrected chi connectivity index (χ3v) is 19.7. The van der Waals surface area contributed by atoms with Gasteiger partial charge >= 0.3 is 0 Å². The van der Waals surface area contributed by atoms with Crippen molar-refractivity contribution in [1.29, 1.82) is 0 Å². The second-order valence-electron chi connectivity index (χ2n) is 25.4. The number of anilines is 3. The Morgan fingerprint density at radius 1 is 0.432 bits per heavy atom. The van der Waals surface area contributed by atoms with Gasteiger partial charge in [0.15, 0.2) is 16.9 Å². The van der Waals surface area contributed by atoms with Crippen molar-refractivity contribution in [3.8, 4) is 17.1 Å². The Hall–Kier alpha value is -12.4. The SMILES string of the molecule is Cc1nc(Cl)c2c(=O)[nH]cnc2n1.Cc1nc(N2CCC[C@H]2c2nc3cccc(Cl)c3c(=O)n2-c2cccc(F)c2)c2c(=O)[nH]cnc2n1.N.Nc1nc(N2CCC[C@H]2c2nc3cccc(Cl)c3c(=O)n2-c2cccc(F)c2)c2c(=O)[nH]cnc2n1.O.O=c1c2c(Cl)cccc2nc([C@@H]2CCCN2)n1-c1cccc(F)c1. The van der Waals surface area contributed by atoms with E-state index in [0.717, 1.165) is 32.2 Å². The number of nitrogens with zero attached hydrogens (tertiary/aromatic N) is 17. The van der Waals surface area contributed by atoms with Gasteiger partial charge in [0, 0.05) is 13.1 Å². The lowest BCUT2D eigenvalue weighted by Crippen LogP contribution is -2.33. The Morgan fingerprint density at radius 2 is 0.811 bits per heavy atom. The number of hydrogen-bond donors (Lipinski definition) is 6. The molecule has 18 rings (SSSR count). The van der Waals surface area contributed by atoms with Crippen LogP contribution in [0.15, 0.2) is 175 Å². The summed E-state index contributed by atoms with van der Waals surface area (Å²) in [5.41, 5.74) is 7.01. The van der Waals surface area contributed by atoms with Gasteiger partial charge in [0.1, 0.15) is 79.5 Å². The zero-order valence-electron chi connectivity index (χ0n) is 58.4. The van der Waals surface area contributed by atoms with Crippen LogP contribution in [0, 0.1) is 31.3 Å². The monoisotopic (exact) mass is 1580 g/mol. The van der Waals surface area contributed by atoms with Crippen molar-refractivity contribution in [3.05, 3.63) is 275 Å². The first-order valence-electron chi connectivity index (χ1n) is 34.0. The summed E-state index contributed by atoms with van der Waals surface area (Å²) in [6.07, 6.45) is 8.45. The van der Waals surface area contributed by atoms with Gasteiger partial charge in [-0.3, -0.25) is 42.5 Å². The van der Waals surface area contributed by atoms with E-state index < -0.39 is 46.2 Å². The summed E-state index contributed by atoms with van der Waals surface area (Å²) in [6, 6.07) is 31.8. The van der Waals surface area contributed by atoms with Crippen LogP contribution in [0.4, 0.5) is 30.8 Å². The largest absolute Gasteiger partial charge is 0.412 e. The Morgan fingerprint density at radius 3 is 1.23 bits per heavy atom. The van der Waals surface area contributed by atoms with E-state index in [4.69, 9.17) is 62.1 Å². The van der Waals surface area contributed by atoms with Gasteiger partial charge in [-0.05, 0) is 150 Å². The molecule has 3 aliphatic heterocycles. The Bertz CT molecular complexity index is 6310. The number of aromatic nitrogens is 18. The molecule has 3 fully saturated rings. The Balaban J connectivity index is 0.000000136. The minimum Gasteiger partial charge on any atom is -0.412 e. The highest BCUT2D eigenvalue weighted by atomic mass is 35.5. The maximum Gasteiger partial charge on any atom is 0.267 e. The standard InChI is InChI=1S/C25H19ClFN7O2.C24H18ClFN8O2.C18H15ClFN3O.C7H5ClN4O.H3N.H2O/c1-13-30-21-20(24(35)29-12-28-21)23(31-13)33-10-4-9-18(33)22-32-17-8-3-7-16(26)19(17)25(36)34(22)15-6-2-5-14(27)11-15;25-14-6-2-7-15-17(14)23(36)34(13-5-1-4-12(26)10-13)20(30-15)16-8-3-9-33(16)21-18-19(31-24(27)32-21)28-11-29-22(18)35;19-13-6-2-7-14-16(13)18(24)23(12-5-1-4-11(20)10-12)17(22-14)15-8-3-9-21-15;1-3-11-5(8)4-6(12-3)9-2-10-7(4)13;;/h2-3,5-8,11-12,18H,4,9-10H2,1H3,(H,28,29,30,31,35);1-2,4-7,10-11,16H,3,8-9H2,(H3,27,28,29,31,32,35);1-2,4-7,10,15,21H,3,8-9H2;2H,1H3,(H,9,10,11,12,13);1H3;1H2/t18-;16-;15-;;;/m000.../s1. The second-order valence-corrected chi connectivity index (χ2v) is 27.0. The molecule has 3 saturated heterocycles. The van der Waals surface area contributed by atoms with Crippen LogP contribution in [0.25, 0.3) is 82.9 Å². The van der Waals surface area contributed by atoms with Crippen LogP contribution in [-0.2, 0) is 0 Å². The smallest absolute Gasteiger partial charge is 0.267 e. The molecule has 37 heteroatoms. The third kappa shape index (κ3) is 14.9. The van der Waals surface area contributed by atoms with Gasteiger partial charge in [0.05, 0.1) is 102 Å². The van der Waals surface area contributed by atoms with E-state index in [9.17, 15) is 41.9 Å². The number of aromatic amines is 3. The van der Waals surface area contributed by atoms with Crippen molar-refractivity contribution < 1.29 is 18.6 Å². The molecule has 12 heterocycles. The van der Waals surface area contributed by atoms with E-state index in [1.165, 1.54) is 81.2 Å². The maximum absolute atomic E-state index is 14.3. The van der Waals surface area contributed by atoms with Gasteiger partial charge < -0.3 is 47.4 Å². The number of nitrogen functional groups attached to an aromatic ring is 1. The molecule has 15 aromatic rings. The molecule has 0 unspecified atom stereocenters. The van der Waals surface area contributed by atoms with E-state index in [-0.39, 0.29) is 93.7 Å².